The monoisotopic (exact) mass is 364 g/mol. The van der Waals surface area contributed by atoms with Gasteiger partial charge in [0.25, 0.3) is 0 Å². The van der Waals surface area contributed by atoms with E-state index < -0.39 is 0 Å². The molecular formula is C25H29FO. The van der Waals surface area contributed by atoms with E-state index in [4.69, 9.17) is 0 Å². The van der Waals surface area contributed by atoms with E-state index in [2.05, 4.69) is 45.9 Å². The van der Waals surface area contributed by atoms with Gasteiger partial charge in [0.05, 0.1) is 0 Å². The van der Waals surface area contributed by atoms with Crippen molar-refractivity contribution < 1.29 is 9.18 Å². The van der Waals surface area contributed by atoms with Crippen LogP contribution in [0.3, 0.4) is 0 Å². The van der Waals surface area contributed by atoms with Crippen molar-refractivity contribution in [2.24, 2.45) is 0 Å². The van der Waals surface area contributed by atoms with E-state index >= 15 is 0 Å². The number of rotatable bonds is 5. The second-order valence-electron chi connectivity index (χ2n) is 8.97. The molecule has 3 rings (SSSR count). The molecule has 142 valence electrons. The maximum atomic E-state index is 13.4. The quantitative estimate of drug-likeness (QED) is 0.444. The lowest BCUT2D eigenvalue weighted by Gasteiger charge is -2.42. The lowest BCUT2D eigenvalue weighted by atomic mass is 9.63. The molecule has 0 radical (unpaired) electrons. The van der Waals surface area contributed by atoms with Crippen LogP contribution >= 0.6 is 0 Å². The van der Waals surface area contributed by atoms with E-state index in [1.54, 1.807) is 12.1 Å². The molecule has 1 aliphatic carbocycles. The van der Waals surface area contributed by atoms with Gasteiger partial charge in [-0.2, -0.15) is 0 Å². The topological polar surface area (TPSA) is 17.1 Å². The van der Waals surface area contributed by atoms with Crippen LogP contribution < -0.4 is 0 Å². The van der Waals surface area contributed by atoms with Gasteiger partial charge in [-0.3, -0.25) is 4.79 Å². The lowest BCUT2D eigenvalue weighted by molar-refractivity contribution is -0.103. The van der Waals surface area contributed by atoms with Gasteiger partial charge in [-0.25, -0.2) is 4.39 Å². The normalized spacial score (nSPS) is 18.0. The van der Waals surface area contributed by atoms with Crippen LogP contribution in [0.25, 0.3) is 5.57 Å². The van der Waals surface area contributed by atoms with E-state index in [1.807, 2.05) is 6.08 Å². The van der Waals surface area contributed by atoms with Crippen LogP contribution in [-0.4, -0.2) is 6.29 Å². The molecule has 0 unspecified atom stereocenters. The molecule has 0 saturated heterocycles. The number of hydrogen-bond donors (Lipinski definition) is 0. The Bertz CT molecular complexity index is 874. The molecule has 0 N–H and O–H groups in total. The first-order valence-corrected chi connectivity index (χ1v) is 9.78. The first kappa shape index (κ1) is 19.5. The van der Waals surface area contributed by atoms with Crippen molar-refractivity contribution in [3.8, 4) is 0 Å². The van der Waals surface area contributed by atoms with Gasteiger partial charge >= 0.3 is 0 Å². The van der Waals surface area contributed by atoms with E-state index in [9.17, 15) is 9.18 Å². The third-order valence-electron chi connectivity index (χ3n) is 6.00. The molecule has 1 nitrogen and oxygen atoms in total. The molecule has 0 amide bonds. The summed E-state index contributed by atoms with van der Waals surface area (Å²) in [5.41, 5.74) is 5.83. The van der Waals surface area contributed by atoms with Crippen molar-refractivity contribution in [1.82, 2.24) is 0 Å². The third-order valence-corrected chi connectivity index (χ3v) is 6.00. The van der Waals surface area contributed by atoms with Gasteiger partial charge in [0.15, 0.2) is 0 Å². The fourth-order valence-corrected chi connectivity index (χ4v) is 4.09. The van der Waals surface area contributed by atoms with Crippen LogP contribution in [0.1, 0.15) is 69.2 Å². The molecular weight excluding hydrogens is 335 g/mol. The van der Waals surface area contributed by atoms with Crippen molar-refractivity contribution in [2.45, 2.75) is 64.2 Å². The van der Waals surface area contributed by atoms with Crippen LogP contribution in [0.15, 0.2) is 48.5 Å². The number of aldehydes is 1. The largest absolute Gasteiger partial charge is 0.298 e. The van der Waals surface area contributed by atoms with Gasteiger partial charge in [-0.1, -0.05) is 64.1 Å². The van der Waals surface area contributed by atoms with Crippen molar-refractivity contribution in [2.75, 3.05) is 0 Å². The number of carbonyl (C=O) groups excluding carboxylic acids is 1. The maximum absolute atomic E-state index is 13.4. The van der Waals surface area contributed by atoms with Crippen LogP contribution in [0.5, 0.6) is 0 Å². The summed E-state index contributed by atoms with van der Waals surface area (Å²) in [6, 6.07) is 13.1. The van der Waals surface area contributed by atoms with Crippen molar-refractivity contribution >= 4 is 11.9 Å². The summed E-state index contributed by atoms with van der Waals surface area (Å²) in [5.74, 6) is -0.320. The standard InChI is InChI=1S/C25H29FO/c1-24(2)13-14-25(3,4)23-15-18(11-12-22(23)24)7-5-9-20(17-27)19-8-6-10-21(26)16-19/h6,8-12,15-17H,5,7,13-14H2,1-4H3/b20-9+. The fraction of sp³-hybridized carbons (Fsp3) is 0.400. The van der Waals surface area contributed by atoms with Gasteiger partial charge in [-0.05, 0) is 70.9 Å². The SMILES string of the molecule is CC1(C)CCC(C)(C)c2cc(CC/C=C(\C=O)c3cccc(F)c3)ccc21. The highest BCUT2D eigenvalue weighted by atomic mass is 19.1. The zero-order chi connectivity index (χ0) is 19.7. The molecule has 1 aliphatic rings. The second kappa shape index (κ2) is 7.42. The molecule has 2 aromatic rings. The van der Waals surface area contributed by atoms with Gasteiger partial charge in [0.1, 0.15) is 12.1 Å². The molecule has 2 heteroatoms. The number of benzene rings is 2. The highest BCUT2D eigenvalue weighted by molar-refractivity contribution is 6.06. The van der Waals surface area contributed by atoms with Crippen LogP contribution in [0.2, 0.25) is 0 Å². The summed E-state index contributed by atoms with van der Waals surface area (Å²) in [7, 11) is 0. The number of allylic oxidation sites excluding steroid dienone is 2. The molecule has 2 aromatic carbocycles. The number of carbonyl (C=O) groups is 1. The zero-order valence-electron chi connectivity index (χ0n) is 16.8. The molecule has 0 heterocycles. The Morgan fingerprint density at radius 1 is 1.00 bits per heavy atom. The predicted molar refractivity (Wildman–Crippen MR) is 110 cm³/mol. The number of hydrogen-bond acceptors (Lipinski definition) is 1. The zero-order valence-corrected chi connectivity index (χ0v) is 16.8. The number of fused-ring (bicyclic) bond motifs is 1. The molecule has 0 bridgehead atoms. The summed E-state index contributed by atoms with van der Waals surface area (Å²) in [5, 5.41) is 0. The summed E-state index contributed by atoms with van der Waals surface area (Å²) in [6.45, 7) is 9.33. The van der Waals surface area contributed by atoms with Crippen LogP contribution in [0, 0.1) is 5.82 Å². The summed E-state index contributed by atoms with van der Waals surface area (Å²) >= 11 is 0. The minimum Gasteiger partial charge on any atom is -0.298 e. The maximum Gasteiger partial charge on any atom is 0.150 e. The Hall–Kier alpha value is -2.22. The summed E-state index contributed by atoms with van der Waals surface area (Å²) in [6.07, 6.45) is 6.77. The molecule has 0 spiro atoms. The number of halogens is 1. The smallest absolute Gasteiger partial charge is 0.150 e. The highest BCUT2D eigenvalue weighted by Gasteiger charge is 2.36. The van der Waals surface area contributed by atoms with Crippen molar-refractivity contribution in [3.63, 3.8) is 0 Å². The minimum atomic E-state index is -0.320. The van der Waals surface area contributed by atoms with Crippen LogP contribution in [-0.2, 0) is 22.0 Å². The summed E-state index contributed by atoms with van der Waals surface area (Å²) < 4.78 is 13.4. The Morgan fingerprint density at radius 3 is 2.37 bits per heavy atom. The van der Waals surface area contributed by atoms with E-state index in [0.717, 1.165) is 19.1 Å². The van der Waals surface area contributed by atoms with Gasteiger partial charge < -0.3 is 0 Å². The van der Waals surface area contributed by atoms with E-state index in [0.29, 0.717) is 11.1 Å². The highest BCUT2D eigenvalue weighted by Crippen LogP contribution is 2.45. The predicted octanol–water partition coefficient (Wildman–Crippen LogP) is 6.39. The van der Waals surface area contributed by atoms with Gasteiger partial charge in [0.2, 0.25) is 0 Å². The average molecular weight is 365 g/mol. The molecule has 0 saturated carbocycles. The van der Waals surface area contributed by atoms with Gasteiger partial charge in [0, 0.05) is 5.57 Å². The van der Waals surface area contributed by atoms with Crippen LogP contribution in [0.4, 0.5) is 4.39 Å². The average Bonchev–Trinajstić information content (AvgIpc) is 2.63. The Balaban J connectivity index is 1.80. The molecule has 0 fully saturated rings. The lowest BCUT2D eigenvalue weighted by Crippen LogP contribution is -2.33. The Kier molecular flexibility index (Phi) is 5.37. The fourth-order valence-electron chi connectivity index (χ4n) is 4.09. The van der Waals surface area contributed by atoms with E-state index in [1.165, 1.54) is 41.7 Å². The Morgan fingerprint density at radius 2 is 1.70 bits per heavy atom. The summed E-state index contributed by atoms with van der Waals surface area (Å²) in [4.78, 5) is 11.4. The molecule has 27 heavy (non-hydrogen) atoms. The first-order valence-electron chi connectivity index (χ1n) is 9.78. The minimum absolute atomic E-state index is 0.201. The Labute approximate surface area is 162 Å². The van der Waals surface area contributed by atoms with Crippen molar-refractivity contribution in [1.29, 1.82) is 0 Å². The van der Waals surface area contributed by atoms with E-state index in [-0.39, 0.29) is 16.6 Å². The third kappa shape index (κ3) is 4.21. The second-order valence-corrected chi connectivity index (χ2v) is 8.97. The molecule has 0 aromatic heterocycles. The molecule has 0 atom stereocenters. The van der Waals surface area contributed by atoms with Crippen molar-refractivity contribution in [3.05, 3.63) is 76.6 Å². The first-order chi connectivity index (χ1) is 12.7. The van der Waals surface area contributed by atoms with Gasteiger partial charge in [-0.15, -0.1) is 0 Å². The molecule has 0 aliphatic heterocycles. The number of aryl methyl sites for hydroxylation is 1.